The van der Waals surface area contributed by atoms with Crippen LogP contribution in [0.2, 0.25) is 0 Å². The van der Waals surface area contributed by atoms with E-state index in [1.807, 2.05) is 32.9 Å². The van der Waals surface area contributed by atoms with Crippen LogP contribution in [0.25, 0.3) is 0 Å². The van der Waals surface area contributed by atoms with Crippen molar-refractivity contribution in [2.75, 3.05) is 18.4 Å². The van der Waals surface area contributed by atoms with Gasteiger partial charge < -0.3 is 21.7 Å². The number of carbonyl (C=O) groups is 3. The Hall–Kier alpha value is -1.93. The average molecular weight is 399 g/mol. The molecular weight excluding hydrogens is 376 g/mol. The molecule has 3 amide bonds. The molecule has 132 valence electrons. The monoisotopic (exact) mass is 398 g/mol. The number of rotatable bonds is 7. The predicted octanol–water partition coefficient (Wildman–Crippen LogP) is 0.912. The third kappa shape index (κ3) is 6.67. The lowest BCUT2D eigenvalue weighted by molar-refractivity contribution is -0.127. The number of carbonyl (C=O) groups excluding carboxylic acids is 3. The molecule has 0 aliphatic carbocycles. The lowest BCUT2D eigenvalue weighted by Gasteiger charge is -2.15. The summed E-state index contributed by atoms with van der Waals surface area (Å²) in [6, 6.07) is 4.85. The molecule has 0 heterocycles. The Bertz CT molecular complexity index is 619. The van der Waals surface area contributed by atoms with Crippen LogP contribution in [0.5, 0.6) is 0 Å². The molecule has 1 aromatic carbocycles. The fourth-order valence-corrected chi connectivity index (χ4v) is 2.11. The highest BCUT2D eigenvalue weighted by atomic mass is 79.9. The molecule has 1 aromatic rings. The zero-order chi connectivity index (χ0) is 18.3. The molecule has 8 heteroatoms. The summed E-state index contributed by atoms with van der Waals surface area (Å²) in [5.41, 5.74) is 7.25. The normalized spacial score (nSPS) is 11.8. The summed E-state index contributed by atoms with van der Waals surface area (Å²) in [4.78, 5) is 35.2. The number of anilines is 1. The number of nitrogens with one attached hydrogen (secondary N) is 3. The minimum absolute atomic E-state index is 0.0210. The van der Waals surface area contributed by atoms with Crippen molar-refractivity contribution < 1.29 is 14.4 Å². The predicted molar refractivity (Wildman–Crippen MR) is 96.3 cm³/mol. The number of aryl methyl sites for hydroxylation is 1. The summed E-state index contributed by atoms with van der Waals surface area (Å²) >= 11 is 3.33. The van der Waals surface area contributed by atoms with Gasteiger partial charge in [0, 0.05) is 10.2 Å². The van der Waals surface area contributed by atoms with Crippen LogP contribution < -0.4 is 21.7 Å². The van der Waals surface area contributed by atoms with E-state index in [1.165, 1.54) is 0 Å². The van der Waals surface area contributed by atoms with Crippen LogP contribution >= 0.6 is 15.9 Å². The SMILES string of the molecule is Cc1ccc(Br)cc1NC(=O)CNC(=O)CNC(=O)[C@@H](N)C(C)C. The van der Waals surface area contributed by atoms with Gasteiger partial charge in [-0.05, 0) is 30.5 Å². The molecule has 5 N–H and O–H groups in total. The summed E-state index contributed by atoms with van der Waals surface area (Å²) in [5.74, 6) is -1.23. The van der Waals surface area contributed by atoms with Crippen molar-refractivity contribution in [3.05, 3.63) is 28.2 Å². The van der Waals surface area contributed by atoms with E-state index in [9.17, 15) is 14.4 Å². The van der Waals surface area contributed by atoms with Gasteiger partial charge in [0.1, 0.15) is 0 Å². The molecule has 1 atom stereocenters. The van der Waals surface area contributed by atoms with Crippen molar-refractivity contribution >= 4 is 39.3 Å². The van der Waals surface area contributed by atoms with E-state index in [0.29, 0.717) is 5.69 Å². The second kappa shape index (κ2) is 9.39. The van der Waals surface area contributed by atoms with Gasteiger partial charge in [-0.25, -0.2) is 0 Å². The Morgan fingerprint density at radius 3 is 2.38 bits per heavy atom. The van der Waals surface area contributed by atoms with Crippen LogP contribution in [0.3, 0.4) is 0 Å². The quantitative estimate of drug-likeness (QED) is 0.546. The van der Waals surface area contributed by atoms with Gasteiger partial charge in [0.25, 0.3) is 0 Å². The second-order valence-electron chi connectivity index (χ2n) is 5.77. The summed E-state index contributed by atoms with van der Waals surface area (Å²) in [7, 11) is 0. The highest BCUT2D eigenvalue weighted by molar-refractivity contribution is 9.10. The first kappa shape index (κ1) is 20.1. The largest absolute Gasteiger partial charge is 0.346 e. The van der Waals surface area contributed by atoms with Gasteiger partial charge >= 0.3 is 0 Å². The summed E-state index contributed by atoms with van der Waals surface area (Å²) in [6.07, 6.45) is 0. The lowest BCUT2D eigenvalue weighted by Crippen LogP contribution is -2.47. The number of benzene rings is 1. The van der Waals surface area contributed by atoms with E-state index < -0.39 is 17.9 Å². The Kier molecular flexibility index (Phi) is 7.87. The smallest absolute Gasteiger partial charge is 0.243 e. The molecule has 0 radical (unpaired) electrons. The maximum absolute atomic E-state index is 11.9. The molecule has 0 unspecified atom stereocenters. The summed E-state index contributed by atoms with van der Waals surface area (Å²) in [6.45, 7) is 5.10. The average Bonchev–Trinajstić information content (AvgIpc) is 2.53. The number of nitrogens with two attached hydrogens (primary N) is 1. The third-order valence-corrected chi connectivity index (χ3v) is 3.86. The first-order valence-electron chi connectivity index (χ1n) is 7.56. The van der Waals surface area contributed by atoms with E-state index in [0.717, 1.165) is 10.0 Å². The van der Waals surface area contributed by atoms with Gasteiger partial charge in [0.2, 0.25) is 17.7 Å². The second-order valence-corrected chi connectivity index (χ2v) is 6.69. The minimum Gasteiger partial charge on any atom is -0.346 e. The van der Waals surface area contributed by atoms with E-state index in [2.05, 4.69) is 31.9 Å². The van der Waals surface area contributed by atoms with Gasteiger partial charge in [-0.15, -0.1) is 0 Å². The Morgan fingerprint density at radius 2 is 1.75 bits per heavy atom. The highest BCUT2D eigenvalue weighted by Gasteiger charge is 2.17. The van der Waals surface area contributed by atoms with Crippen LogP contribution in [-0.2, 0) is 14.4 Å². The molecule has 0 fully saturated rings. The van der Waals surface area contributed by atoms with E-state index in [1.54, 1.807) is 6.07 Å². The van der Waals surface area contributed by atoms with Crippen molar-refractivity contribution in [3.63, 3.8) is 0 Å². The van der Waals surface area contributed by atoms with Crippen LogP contribution in [0.15, 0.2) is 22.7 Å². The van der Waals surface area contributed by atoms with Crippen LogP contribution in [0.4, 0.5) is 5.69 Å². The van der Waals surface area contributed by atoms with Gasteiger partial charge in [0.15, 0.2) is 0 Å². The number of hydrogen-bond acceptors (Lipinski definition) is 4. The topological polar surface area (TPSA) is 113 Å². The molecule has 0 aliphatic heterocycles. The summed E-state index contributed by atoms with van der Waals surface area (Å²) in [5, 5.41) is 7.60. The Balaban J connectivity index is 2.37. The zero-order valence-corrected chi connectivity index (χ0v) is 15.6. The first-order valence-corrected chi connectivity index (χ1v) is 8.36. The number of amides is 3. The standard InChI is InChI=1S/C16H23BrN4O3/c1-9(2)15(18)16(24)20-7-13(22)19-8-14(23)21-12-6-11(17)5-4-10(12)3/h4-6,9,15H,7-8,18H2,1-3H3,(H,19,22)(H,20,24)(H,21,23)/t15-/m0/s1. The third-order valence-electron chi connectivity index (χ3n) is 3.36. The molecular formula is C16H23BrN4O3. The van der Waals surface area contributed by atoms with Crippen LogP contribution in [0, 0.1) is 12.8 Å². The maximum Gasteiger partial charge on any atom is 0.243 e. The highest BCUT2D eigenvalue weighted by Crippen LogP contribution is 2.20. The van der Waals surface area contributed by atoms with Gasteiger partial charge in [-0.2, -0.15) is 0 Å². The van der Waals surface area contributed by atoms with Crippen molar-refractivity contribution in [3.8, 4) is 0 Å². The number of halogens is 1. The summed E-state index contributed by atoms with van der Waals surface area (Å²) < 4.78 is 0.844. The molecule has 7 nitrogen and oxygen atoms in total. The lowest BCUT2D eigenvalue weighted by atomic mass is 10.1. The molecule has 0 bridgehead atoms. The van der Waals surface area contributed by atoms with Gasteiger partial charge in [-0.1, -0.05) is 35.8 Å². The van der Waals surface area contributed by atoms with Crippen LogP contribution in [0.1, 0.15) is 19.4 Å². The fraction of sp³-hybridized carbons (Fsp3) is 0.438. The zero-order valence-electron chi connectivity index (χ0n) is 14.0. The Morgan fingerprint density at radius 1 is 1.12 bits per heavy atom. The minimum atomic E-state index is -0.666. The van der Waals surface area contributed by atoms with E-state index in [4.69, 9.17) is 5.73 Å². The first-order chi connectivity index (χ1) is 11.2. The molecule has 0 saturated carbocycles. The van der Waals surface area contributed by atoms with Crippen molar-refractivity contribution in [1.29, 1.82) is 0 Å². The van der Waals surface area contributed by atoms with E-state index >= 15 is 0 Å². The maximum atomic E-state index is 11.9. The Labute approximate surface area is 149 Å². The van der Waals surface area contributed by atoms with Crippen molar-refractivity contribution in [2.24, 2.45) is 11.7 Å². The fourth-order valence-electron chi connectivity index (χ4n) is 1.75. The van der Waals surface area contributed by atoms with E-state index in [-0.39, 0.29) is 24.9 Å². The van der Waals surface area contributed by atoms with Crippen molar-refractivity contribution in [1.82, 2.24) is 10.6 Å². The molecule has 0 saturated heterocycles. The van der Waals surface area contributed by atoms with Crippen molar-refractivity contribution in [2.45, 2.75) is 26.8 Å². The molecule has 0 aliphatic rings. The number of hydrogen-bond donors (Lipinski definition) is 4. The molecule has 0 spiro atoms. The van der Waals surface area contributed by atoms with Gasteiger partial charge in [0.05, 0.1) is 19.1 Å². The molecule has 1 rings (SSSR count). The molecule has 24 heavy (non-hydrogen) atoms. The van der Waals surface area contributed by atoms with Gasteiger partial charge in [-0.3, -0.25) is 14.4 Å². The molecule has 0 aromatic heterocycles. The van der Waals surface area contributed by atoms with Crippen LogP contribution in [-0.4, -0.2) is 36.9 Å².